The van der Waals surface area contributed by atoms with Crippen LogP contribution in [0.15, 0.2) is 54.6 Å². The summed E-state index contributed by atoms with van der Waals surface area (Å²) in [5, 5.41) is 2.94. The van der Waals surface area contributed by atoms with Gasteiger partial charge in [-0.2, -0.15) is 0 Å². The van der Waals surface area contributed by atoms with Crippen molar-refractivity contribution in [3.8, 4) is 16.9 Å². The minimum atomic E-state index is -0.860. The Morgan fingerprint density at radius 2 is 1.54 bits per heavy atom. The van der Waals surface area contributed by atoms with Crippen molar-refractivity contribution in [1.29, 1.82) is 0 Å². The standard InChI is InChI=1S/C27H29NO6S/c1-6-32-26(30)22-17(4)23(27(31)33-16(2)3)35-25(22)28-24(29)18(5)34-21-14-12-20(13-15-21)19-10-8-7-9-11-19/h7-16,18H,6H2,1-5H3,(H,28,29). The molecule has 8 heteroatoms. The SMILES string of the molecule is CCOC(=O)c1c(NC(=O)C(C)Oc2ccc(-c3ccccc3)cc2)sc(C(=O)OC(C)C)c1C. The van der Waals surface area contributed by atoms with Gasteiger partial charge in [-0.3, -0.25) is 4.79 Å². The highest BCUT2D eigenvalue weighted by molar-refractivity contribution is 7.18. The summed E-state index contributed by atoms with van der Waals surface area (Å²) in [4.78, 5) is 38.2. The Balaban J connectivity index is 1.76. The molecule has 0 saturated carbocycles. The van der Waals surface area contributed by atoms with Crippen molar-refractivity contribution in [2.75, 3.05) is 11.9 Å². The number of carbonyl (C=O) groups excluding carboxylic acids is 3. The lowest BCUT2D eigenvalue weighted by molar-refractivity contribution is -0.122. The van der Waals surface area contributed by atoms with Crippen LogP contribution < -0.4 is 10.1 Å². The zero-order valence-corrected chi connectivity index (χ0v) is 21.2. The normalized spacial score (nSPS) is 11.6. The van der Waals surface area contributed by atoms with Gasteiger partial charge >= 0.3 is 11.9 Å². The maximum absolute atomic E-state index is 12.9. The van der Waals surface area contributed by atoms with Crippen LogP contribution >= 0.6 is 11.3 Å². The third kappa shape index (κ3) is 6.48. The maximum Gasteiger partial charge on any atom is 0.348 e. The molecule has 1 amide bonds. The zero-order valence-electron chi connectivity index (χ0n) is 20.4. The van der Waals surface area contributed by atoms with Crippen LogP contribution in [0.3, 0.4) is 0 Å². The second kappa shape index (κ2) is 11.7. The van der Waals surface area contributed by atoms with Crippen LogP contribution in [0.1, 0.15) is 53.3 Å². The lowest BCUT2D eigenvalue weighted by atomic mass is 10.1. The first kappa shape index (κ1) is 26.0. The third-order valence-corrected chi connectivity index (χ3v) is 6.22. The number of hydrogen-bond acceptors (Lipinski definition) is 7. The Labute approximate surface area is 209 Å². The van der Waals surface area contributed by atoms with E-state index in [2.05, 4.69) is 5.32 Å². The van der Waals surface area contributed by atoms with E-state index in [0.29, 0.717) is 11.3 Å². The van der Waals surface area contributed by atoms with E-state index >= 15 is 0 Å². The first-order valence-corrected chi connectivity index (χ1v) is 12.2. The molecule has 0 aliphatic rings. The fourth-order valence-electron chi connectivity index (χ4n) is 3.34. The number of amides is 1. The van der Waals surface area contributed by atoms with E-state index in [4.69, 9.17) is 14.2 Å². The number of esters is 2. The molecule has 1 aromatic heterocycles. The van der Waals surface area contributed by atoms with Crippen molar-refractivity contribution < 1.29 is 28.6 Å². The van der Waals surface area contributed by atoms with Crippen LogP contribution in [0.4, 0.5) is 5.00 Å². The molecule has 1 N–H and O–H groups in total. The molecule has 0 radical (unpaired) electrons. The van der Waals surface area contributed by atoms with Crippen molar-refractivity contribution in [2.24, 2.45) is 0 Å². The van der Waals surface area contributed by atoms with Gasteiger partial charge in [-0.15, -0.1) is 11.3 Å². The topological polar surface area (TPSA) is 90.9 Å². The molecule has 0 bridgehead atoms. The summed E-state index contributed by atoms with van der Waals surface area (Å²) in [6, 6.07) is 17.4. The quantitative estimate of drug-likeness (QED) is 0.373. The Hall–Kier alpha value is -3.65. The van der Waals surface area contributed by atoms with Crippen LogP contribution in [0.5, 0.6) is 5.75 Å². The highest BCUT2D eigenvalue weighted by Crippen LogP contribution is 2.35. The maximum atomic E-state index is 12.9. The summed E-state index contributed by atoms with van der Waals surface area (Å²) in [5.74, 6) is -1.12. The molecule has 0 spiro atoms. The van der Waals surface area contributed by atoms with E-state index in [1.54, 1.807) is 46.8 Å². The molecule has 1 heterocycles. The Bertz CT molecular complexity index is 1180. The van der Waals surface area contributed by atoms with Crippen LogP contribution in [-0.2, 0) is 14.3 Å². The van der Waals surface area contributed by atoms with Crippen LogP contribution in [0.25, 0.3) is 11.1 Å². The van der Waals surface area contributed by atoms with E-state index in [1.807, 2.05) is 42.5 Å². The predicted octanol–water partition coefficient (Wildman–Crippen LogP) is 5.87. The number of benzene rings is 2. The van der Waals surface area contributed by atoms with E-state index in [-0.39, 0.29) is 28.2 Å². The molecule has 184 valence electrons. The highest BCUT2D eigenvalue weighted by Gasteiger charge is 2.29. The first-order valence-electron chi connectivity index (χ1n) is 11.4. The minimum absolute atomic E-state index is 0.139. The number of nitrogens with one attached hydrogen (secondary N) is 1. The highest BCUT2D eigenvalue weighted by atomic mass is 32.1. The Morgan fingerprint density at radius 3 is 2.14 bits per heavy atom. The van der Waals surface area contributed by atoms with Gasteiger partial charge in [0.05, 0.1) is 18.3 Å². The summed E-state index contributed by atoms with van der Waals surface area (Å²) in [7, 11) is 0. The molecule has 0 saturated heterocycles. The molecule has 0 aliphatic carbocycles. The predicted molar refractivity (Wildman–Crippen MR) is 136 cm³/mol. The second-order valence-corrected chi connectivity index (χ2v) is 9.10. The third-order valence-electron chi connectivity index (χ3n) is 5.03. The van der Waals surface area contributed by atoms with Crippen molar-refractivity contribution in [3.63, 3.8) is 0 Å². The van der Waals surface area contributed by atoms with Gasteiger partial charge in [0.25, 0.3) is 5.91 Å². The first-order chi connectivity index (χ1) is 16.7. The number of rotatable bonds is 9. The molecule has 3 rings (SSSR count). The average Bonchev–Trinajstić information content (AvgIpc) is 3.15. The van der Waals surface area contributed by atoms with Gasteiger partial charge < -0.3 is 19.5 Å². The molecular formula is C27H29NO6S. The second-order valence-electron chi connectivity index (χ2n) is 8.07. The van der Waals surface area contributed by atoms with Gasteiger partial charge in [0.1, 0.15) is 15.6 Å². The van der Waals surface area contributed by atoms with Crippen molar-refractivity contribution in [2.45, 2.75) is 46.8 Å². The largest absolute Gasteiger partial charge is 0.481 e. The summed E-state index contributed by atoms with van der Waals surface area (Å²) in [5.41, 5.74) is 2.65. The van der Waals surface area contributed by atoms with Crippen LogP contribution in [-0.4, -0.2) is 36.7 Å². The summed E-state index contributed by atoms with van der Waals surface area (Å²) in [6.07, 6.45) is -1.18. The van der Waals surface area contributed by atoms with Gasteiger partial charge in [-0.25, -0.2) is 9.59 Å². The summed E-state index contributed by atoms with van der Waals surface area (Å²) < 4.78 is 16.2. The molecular weight excluding hydrogens is 466 g/mol. The number of thiophene rings is 1. The van der Waals surface area contributed by atoms with E-state index in [0.717, 1.165) is 22.5 Å². The van der Waals surface area contributed by atoms with E-state index in [9.17, 15) is 14.4 Å². The number of ether oxygens (including phenoxy) is 3. The van der Waals surface area contributed by atoms with Gasteiger partial charge in [0, 0.05) is 0 Å². The van der Waals surface area contributed by atoms with Crippen LogP contribution in [0, 0.1) is 6.92 Å². The lowest BCUT2D eigenvalue weighted by Crippen LogP contribution is -2.30. The fraction of sp³-hybridized carbons (Fsp3) is 0.296. The Morgan fingerprint density at radius 1 is 0.914 bits per heavy atom. The monoisotopic (exact) mass is 495 g/mol. The molecule has 1 unspecified atom stereocenters. The fourth-order valence-corrected chi connectivity index (χ4v) is 4.42. The van der Waals surface area contributed by atoms with Gasteiger partial charge in [0.2, 0.25) is 0 Å². The molecule has 2 aromatic carbocycles. The molecule has 3 aromatic rings. The number of carbonyl (C=O) groups is 3. The molecule has 35 heavy (non-hydrogen) atoms. The smallest absolute Gasteiger partial charge is 0.348 e. The van der Waals surface area contributed by atoms with E-state index in [1.165, 1.54) is 0 Å². The van der Waals surface area contributed by atoms with Crippen LogP contribution in [0.2, 0.25) is 0 Å². The zero-order chi connectivity index (χ0) is 25.5. The summed E-state index contributed by atoms with van der Waals surface area (Å²) >= 11 is 0.979. The number of hydrogen-bond donors (Lipinski definition) is 1. The van der Waals surface area contributed by atoms with Gasteiger partial charge in [-0.05, 0) is 63.4 Å². The minimum Gasteiger partial charge on any atom is -0.481 e. The Kier molecular flexibility index (Phi) is 8.65. The molecule has 0 fully saturated rings. The molecule has 7 nitrogen and oxygen atoms in total. The van der Waals surface area contributed by atoms with Gasteiger partial charge in [0.15, 0.2) is 6.10 Å². The number of anilines is 1. The lowest BCUT2D eigenvalue weighted by Gasteiger charge is -2.15. The van der Waals surface area contributed by atoms with E-state index < -0.39 is 23.9 Å². The van der Waals surface area contributed by atoms with Gasteiger partial charge in [-0.1, -0.05) is 42.5 Å². The van der Waals surface area contributed by atoms with Crippen molar-refractivity contribution >= 4 is 34.2 Å². The molecule has 1 atom stereocenters. The molecule has 0 aliphatic heterocycles. The summed E-state index contributed by atoms with van der Waals surface area (Å²) in [6.45, 7) is 8.56. The average molecular weight is 496 g/mol. The van der Waals surface area contributed by atoms with Crippen molar-refractivity contribution in [3.05, 3.63) is 70.6 Å². The van der Waals surface area contributed by atoms with Crippen molar-refractivity contribution in [1.82, 2.24) is 0 Å².